The smallest absolute Gasteiger partial charge is 0.242 e. The van der Waals surface area contributed by atoms with Crippen molar-refractivity contribution in [3.05, 3.63) is 70.8 Å². The molecule has 1 saturated heterocycles. The summed E-state index contributed by atoms with van der Waals surface area (Å²) in [6.07, 6.45) is 1.84. The van der Waals surface area contributed by atoms with Gasteiger partial charge in [0.15, 0.2) is 0 Å². The maximum absolute atomic E-state index is 12.6. The number of benzene rings is 2. The Labute approximate surface area is 155 Å². The number of rotatable bonds is 6. The lowest BCUT2D eigenvalue weighted by Gasteiger charge is -2.24. The number of aryl methyl sites for hydroxylation is 2. The summed E-state index contributed by atoms with van der Waals surface area (Å²) in [5, 5.41) is 3.00. The van der Waals surface area contributed by atoms with Crippen molar-refractivity contribution < 1.29 is 9.59 Å². The van der Waals surface area contributed by atoms with Gasteiger partial charge in [-0.15, -0.1) is 0 Å². The van der Waals surface area contributed by atoms with Crippen LogP contribution in [-0.2, 0) is 22.6 Å². The molecule has 3 rings (SSSR count). The third-order valence-corrected chi connectivity index (χ3v) is 4.94. The molecule has 2 aromatic rings. The average molecular weight is 350 g/mol. The Morgan fingerprint density at radius 2 is 1.58 bits per heavy atom. The van der Waals surface area contributed by atoms with Crippen molar-refractivity contribution in [2.24, 2.45) is 0 Å². The number of nitrogens with zero attached hydrogens (tertiary/aromatic N) is 1. The first kappa shape index (κ1) is 18.2. The van der Waals surface area contributed by atoms with Gasteiger partial charge >= 0.3 is 0 Å². The molecular formula is C22H26N2O2. The molecule has 1 unspecified atom stereocenters. The lowest BCUT2D eigenvalue weighted by atomic mass is 10.1. The van der Waals surface area contributed by atoms with Gasteiger partial charge in [-0.05, 0) is 37.8 Å². The van der Waals surface area contributed by atoms with Crippen molar-refractivity contribution in [1.29, 1.82) is 0 Å². The first-order valence-corrected chi connectivity index (χ1v) is 9.21. The third-order valence-electron chi connectivity index (χ3n) is 4.94. The molecule has 0 radical (unpaired) electrons. The van der Waals surface area contributed by atoms with E-state index >= 15 is 0 Å². The topological polar surface area (TPSA) is 49.4 Å². The molecule has 4 nitrogen and oxygen atoms in total. The Morgan fingerprint density at radius 3 is 2.19 bits per heavy atom. The molecule has 1 fully saturated rings. The first-order valence-electron chi connectivity index (χ1n) is 9.21. The van der Waals surface area contributed by atoms with E-state index in [0.29, 0.717) is 25.9 Å². The first-order chi connectivity index (χ1) is 12.5. The van der Waals surface area contributed by atoms with Crippen molar-refractivity contribution in [2.45, 2.75) is 45.7 Å². The zero-order valence-electron chi connectivity index (χ0n) is 15.5. The van der Waals surface area contributed by atoms with E-state index in [2.05, 4.69) is 36.5 Å². The van der Waals surface area contributed by atoms with Crippen LogP contribution >= 0.6 is 0 Å². The number of likely N-dealkylation sites (tertiary alicyclic amines) is 1. The molecule has 26 heavy (non-hydrogen) atoms. The summed E-state index contributed by atoms with van der Waals surface area (Å²) in [4.78, 5) is 26.5. The molecule has 0 saturated carbocycles. The van der Waals surface area contributed by atoms with Crippen LogP contribution in [-0.4, -0.2) is 29.3 Å². The number of nitrogens with one attached hydrogen (secondary N) is 1. The Hall–Kier alpha value is -2.62. The van der Waals surface area contributed by atoms with E-state index in [4.69, 9.17) is 0 Å². The van der Waals surface area contributed by atoms with Gasteiger partial charge < -0.3 is 10.2 Å². The average Bonchev–Trinajstić information content (AvgIpc) is 2.99. The largest absolute Gasteiger partial charge is 0.354 e. The van der Waals surface area contributed by atoms with Crippen LogP contribution in [0.25, 0.3) is 0 Å². The SMILES string of the molecule is Cc1ccc(CCNC(=O)C2CCC(=O)N2Cc2ccc(C)cc2)cc1. The third kappa shape index (κ3) is 4.51. The normalized spacial score (nSPS) is 16.8. The van der Waals surface area contributed by atoms with Crippen LogP contribution in [0.5, 0.6) is 0 Å². The van der Waals surface area contributed by atoms with Gasteiger partial charge in [0.1, 0.15) is 6.04 Å². The minimum atomic E-state index is -0.359. The predicted molar refractivity (Wildman–Crippen MR) is 103 cm³/mol. The molecule has 2 amide bonds. The lowest BCUT2D eigenvalue weighted by molar-refractivity contribution is -0.135. The summed E-state index contributed by atoms with van der Waals surface area (Å²) in [6.45, 7) is 5.18. The number of carbonyl (C=O) groups excluding carboxylic acids is 2. The lowest BCUT2D eigenvalue weighted by Crippen LogP contribution is -2.44. The van der Waals surface area contributed by atoms with Crippen LogP contribution in [0.1, 0.15) is 35.1 Å². The van der Waals surface area contributed by atoms with Gasteiger partial charge in [0.2, 0.25) is 11.8 Å². The van der Waals surface area contributed by atoms with Gasteiger partial charge in [-0.3, -0.25) is 9.59 Å². The van der Waals surface area contributed by atoms with Gasteiger partial charge in [-0.25, -0.2) is 0 Å². The van der Waals surface area contributed by atoms with E-state index in [-0.39, 0.29) is 17.9 Å². The fourth-order valence-electron chi connectivity index (χ4n) is 3.30. The molecule has 0 bridgehead atoms. The molecule has 1 atom stereocenters. The van der Waals surface area contributed by atoms with Crippen LogP contribution < -0.4 is 5.32 Å². The van der Waals surface area contributed by atoms with E-state index in [1.165, 1.54) is 16.7 Å². The summed E-state index contributed by atoms with van der Waals surface area (Å²) in [6, 6.07) is 16.1. The summed E-state index contributed by atoms with van der Waals surface area (Å²) >= 11 is 0. The summed E-state index contributed by atoms with van der Waals surface area (Å²) < 4.78 is 0. The standard InChI is InChI=1S/C22H26N2O2/c1-16-3-7-18(8-4-16)13-14-23-22(26)20-11-12-21(25)24(20)15-19-9-5-17(2)6-10-19/h3-10,20H,11-15H2,1-2H3,(H,23,26). The van der Waals surface area contributed by atoms with Crippen molar-refractivity contribution in [3.8, 4) is 0 Å². The van der Waals surface area contributed by atoms with E-state index in [1.807, 2.05) is 31.2 Å². The molecule has 0 aromatic heterocycles. The van der Waals surface area contributed by atoms with E-state index in [0.717, 1.165) is 12.0 Å². The number of hydrogen-bond acceptors (Lipinski definition) is 2. The molecule has 0 spiro atoms. The van der Waals surface area contributed by atoms with Gasteiger partial charge in [-0.2, -0.15) is 0 Å². The molecule has 1 aliphatic heterocycles. The number of carbonyl (C=O) groups is 2. The van der Waals surface area contributed by atoms with Crippen LogP contribution in [0.3, 0.4) is 0 Å². The van der Waals surface area contributed by atoms with E-state index in [1.54, 1.807) is 4.90 Å². The zero-order chi connectivity index (χ0) is 18.5. The van der Waals surface area contributed by atoms with Crippen LogP contribution in [0, 0.1) is 13.8 Å². The second kappa shape index (κ2) is 8.17. The Morgan fingerprint density at radius 1 is 1.00 bits per heavy atom. The molecule has 1 aliphatic rings. The molecule has 1 heterocycles. The van der Waals surface area contributed by atoms with Crippen molar-refractivity contribution >= 4 is 11.8 Å². The minimum Gasteiger partial charge on any atom is -0.354 e. The van der Waals surface area contributed by atoms with Crippen LogP contribution in [0.4, 0.5) is 0 Å². The van der Waals surface area contributed by atoms with Crippen LogP contribution in [0.2, 0.25) is 0 Å². The summed E-state index contributed by atoms with van der Waals surface area (Å²) in [5.74, 6) is 0.0133. The fraction of sp³-hybridized carbons (Fsp3) is 0.364. The number of amides is 2. The maximum Gasteiger partial charge on any atom is 0.242 e. The maximum atomic E-state index is 12.6. The van der Waals surface area contributed by atoms with E-state index < -0.39 is 0 Å². The second-order valence-corrected chi connectivity index (χ2v) is 7.09. The molecule has 1 N–H and O–H groups in total. The Bertz CT molecular complexity index is 766. The molecule has 2 aromatic carbocycles. The minimum absolute atomic E-state index is 0.0462. The highest BCUT2D eigenvalue weighted by molar-refractivity contribution is 5.90. The Kier molecular flexibility index (Phi) is 5.71. The van der Waals surface area contributed by atoms with Gasteiger partial charge in [-0.1, -0.05) is 59.7 Å². The summed E-state index contributed by atoms with van der Waals surface area (Å²) in [7, 11) is 0. The highest BCUT2D eigenvalue weighted by atomic mass is 16.2. The number of hydrogen-bond donors (Lipinski definition) is 1. The highest BCUT2D eigenvalue weighted by Gasteiger charge is 2.35. The predicted octanol–water partition coefficient (Wildman–Crippen LogP) is 3.15. The zero-order valence-corrected chi connectivity index (χ0v) is 15.5. The van der Waals surface area contributed by atoms with Crippen LogP contribution in [0.15, 0.2) is 48.5 Å². The molecule has 136 valence electrons. The second-order valence-electron chi connectivity index (χ2n) is 7.09. The van der Waals surface area contributed by atoms with Crippen molar-refractivity contribution in [2.75, 3.05) is 6.54 Å². The van der Waals surface area contributed by atoms with Gasteiger partial charge in [0.05, 0.1) is 0 Å². The molecule has 4 heteroatoms. The molecular weight excluding hydrogens is 324 g/mol. The highest BCUT2D eigenvalue weighted by Crippen LogP contribution is 2.22. The van der Waals surface area contributed by atoms with Crippen molar-refractivity contribution in [1.82, 2.24) is 10.2 Å². The molecule has 0 aliphatic carbocycles. The Balaban J connectivity index is 1.55. The fourth-order valence-corrected chi connectivity index (χ4v) is 3.30. The van der Waals surface area contributed by atoms with E-state index in [9.17, 15) is 9.59 Å². The quantitative estimate of drug-likeness (QED) is 0.870. The monoisotopic (exact) mass is 350 g/mol. The van der Waals surface area contributed by atoms with Gasteiger partial charge in [0.25, 0.3) is 0 Å². The van der Waals surface area contributed by atoms with Gasteiger partial charge in [0, 0.05) is 19.5 Å². The van der Waals surface area contributed by atoms with Crippen molar-refractivity contribution in [3.63, 3.8) is 0 Å². The summed E-state index contributed by atoms with van der Waals surface area (Å²) in [5.41, 5.74) is 4.68.